The number of methoxy groups -OCH3 is 1. The summed E-state index contributed by atoms with van der Waals surface area (Å²) < 4.78 is 18.8. The molecule has 0 radical (unpaired) electrons. The first kappa shape index (κ1) is 18.7. The van der Waals surface area contributed by atoms with Crippen molar-refractivity contribution < 1.29 is 13.9 Å². The number of carbonyl (C=O) groups is 1. The second kappa shape index (κ2) is 8.51. The number of hydrogen-bond donors (Lipinski definition) is 2. The van der Waals surface area contributed by atoms with Crippen molar-refractivity contribution in [2.45, 2.75) is 6.54 Å². The van der Waals surface area contributed by atoms with Gasteiger partial charge in [-0.1, -0.05) is 29.8 Å². The van der Waals surface area contributed by atoms with E-state index < -0.39 is 0 Å². The van der Waals surface area contributed by atoms with Gasteiger partial charge >= 0.3 is 0 Å². The molecule has 0 bridgehead atoms. The minimum absolute atomic E-state index is 0.263. The fraction of sp³-hybridized carbons (Fsp3) is 0.100. The molecule has 0 aliphatic rings. The lowest BCUT2D eigenvalue weighted by Crippen LogP contribution is -2.13. The van der Waals surface area contributed by atoms with E-state index in [4.69, 9.17) is 16.3 Å². The first-order valence-electron chi connectivity index (χ1n) is 8.15. The predicted molar refractivity (Wildman–Crippen MR) is 104 cm³/mol. The maximum Gasteiger partial charge on any atom is 0.255 e. The van der Waals surface area contributed by atoms with Gasteiger partial charge < -0.3 is 15.4 Å². The van der Waals surface area contributed by atoms with E-state index in [0.29, 0.717) is 33.4 Å². The van der Waals surface area contributed by atoms with Crippen LogP contribution in [0.2, 0.25) is 5.02 Å². The van der Waals surface area contributed by atoms with Crippen LogP contribution in [0.25, 0.3) is 0 Å². The molecule has 5 nitrogen and oxygen atoms in total. The van der Waals surface area contributed by atoms with Gasteiger partial charge in [0.25, 0.3) is 5.91 Å². The number of anilines is 2. The highest BCUT2D eigenvalue weighted by Crippen LogP contribution is 2.27. The zero-order chi connectivity index (χ0) is 19.2. The van der Waals surface area contributed by atoms with Crippen LogP contribution in [0.3, 0.4) is 0 Å². The lowest BCUT2D eigenvalue weighted by Gasteiger charge is -2.10. The molecular formula is C20H17ClFN3O2. The Hall–Kier alpha value is -3.12. The smallest absolute Gasteiger partial charge is 0.255 e. The Morgan fingerprint density at radius 2 is 2.00 bits per heavy atom. The van der Waals surface area contributed by atoms with E-state index >= 15 is 0 Å². The molecule has 0 unspecified atom stereocenters. The van der Waals surface area contributed by atoms with E-state index in [1.165, 1.54) is 19.4 Å². The maximum atomic E-state index is 13.7. The highest BCUT2D eigenvalue weighted by Gasteiger charge is 2.10. The molecule has 3 aromatic rings. The molecule has 3 rings (SSSR count). The number of hydrogen-bond acceptors (Lipinski definition) is 4. The zero-order valence-corrected chi connectivity index (χ0v) is 15.3. The second-order valence-electron chi connectivity index (χ2n) is 5.68. The SMILES string of the molecule is COc1ccc(NC(=O)c2ccnc(NCc3ccccc3F)c2)cc1Cl. The summed E-state index contributed by atoms with van der Waals surface area (Å²) in [6.07, 6.45) is 1.51. The highest BCUT2D eigenvalue weighted by molar-refractivity contribution is 6.32. The maximum absolute atomic E-state index is 13.7. The number of nitrogens with zero attached hydrogens (tertiary/aromatic N) is 1. The summed E-state index contributed by atoms with van der Waals surface area (Å²) in [7, 11) is 1.52. The predicted octanol–water partition coefficient (Wildman–Crippen LogP) is 4.75. The molecule has 138 valence electrons. The molecule has 1 amide bonds. The van der Waals surface area contributed by atoms with Crippen LogP contribution >= 0.6 is 11.6 Å². The fourth-order valence-electron chi connectivity index (χ4n) is 2.44. The van der Waals surface area contributed by atoms with E-state index in [0.717, 1.165) is 0 Å². The molecule has 2 N–H and O–H groups in total. The molecule has 1 aromatic heterocycles. The molecule has 0 atom stereocenters. The van der Waals surface area contributed by atoms with Crippen LogP contribution in [0.4, 0.5) is 15.9 Å². The Balaban J connectivity index is 1.68. The zero-order valence-electron chi connectivity index (χ0n) is 14.5. The minimum atomic E-state index is -0.312. The molecule has 0 saturated heterocycles. The summed E-state index contributed by atoms with van der Waals surface area (Å²) in [5.74, 6) is 0.389. The van der Waals surface area contributed by atoms with Crippen molar-refractivity contribution in [1.29, 1.82) is 0 Å². The minimum Gasteiger partial charge on any atom is -0.495 e. The van der Waals surface area contributed by atoms with Crippen LogP contribution in [0.1, 0.15) is 15.9 Å². The molecule has 1 heterocycles. The van der Waals surface area contributed by atoms with Crippen LogP contribution in [-0.4, -0.2) is 18.0 Å². The van der Waals surface area contributed by atoms with Gasteiger partial charge in [0.2, 0.25) is 0 Å². The van der Waals surface area contributed by atoms with Crippen molar-refractivity contribution in [1.82, 2.24) is 4.98 Å². The average Bonchev–Trinajstić information content (AvgIpc) is 2.68. The molecule has 0 aliphatic carbocycles. The van der Waals surface area contributed by atoms with E-state index in [1.807, 2.05) is 0 Å². The summed E-state index contributed by atoms with van der Waals surface area (Å²) in [5.41, 5.74) is 1.47. The van der Waals surface area contributed by atoms with Crippen LogP contribution in [-0.2, 0) is 6.54 Å². The standard InChI is InChI=1S/C20H17ClFN3O2/c1-27-18-7-6-15(11-16(18)21)25-20(26)13-8-9-23-19(10-13)24-12-14-4-2-3-5-17(14)22/h2-11H,12H2,1H3,(H,23,24)(H,25,26). The number of halogens is 2. The van der Waals surface area contributed by atoms with Crippen molar-refractivity contribution in [3.63, 3.8) is 0 Å². The van der Waals surface area contributed by atoms with Crippen LogP contribution in [0, 0.1) is 5.82 Å². The molecule has 0 spiro atoms. The van der Waals surface area contributed by atoms with Gasteiger partial charge in [0.05, 0.1) is 12.1 Å². The number of nitrogens with one attached hydrogen (secondary N) is 2. The quantitative estimate of drug-likeness (QED) is 0.643. The number of aromatic nitrogens is 1. The molecule has 0 saturated carbocycles. The van der Waals surface area contributed by atoms with Gasteiger partial charge in [0.1, 0.15) is 17.4 Å². The number of benzene rings is 2. The number of rotatable bonds is 6. The fourth-order valence-corrected chi connectivity index (χ4v) is 2.70. The van der Waals surface area contributed by atoms with E-state index in [9.17, 15) is 9.18 Å². The molecule has 7 heteroatoms. The van der Waals surface area contributed by atoms with Crippen molar-refractivity contribution in [3.05, 3.63) is 82.8 Å². The Morgan fingerprint density at radius 3 is 2.74 bits per heavy atom. The molecule has 27 heavy (non-hydrogen) atoms. The normalized spacial score (nSPS) is 10.3. The topological polar surface area (TPSA) is 63.2 Å². The number of carbonyl (C=O) groups excluding carboxylic acids is 1. The first-order chi connectivity index (χ1) is 13.1. The lowest BCUT2D eigenvalue weighted by molar-refractivity contribution is 0.102. The van der Waals surface area contributed by atoms with Crippen molar-refractivity contribution >= 4 is 29.0 Å². The highest BCUT2D eigenvalue weighted by atomic mass is 35.5. The molecule has 0 fully saturated rings. The average molecular weight is 386 g/mol. The summed E-state index contributed by atoms with van der Waals surface area (Å²) in [4.78, 5) is 16.6. The molecule has 0 aliphatic heterocycles. The Morgan fingerprint density at radius 1 is 1.19 bits per heavy atom. The number of amides is 1. The van der Waals surface area contributed by atoms with Crippen LogP contribution in [0.15, 0.2) is 60.8 Å². The Labute approximate surface area is 161 Å². The third kappa shape index (κ3) is 4.74. The van der Waals surface area contributed by atoms with E-state index in [-0.39, 0.29) is 18.3 Å². The molecular weight excluding hydrogens is 369 g/mol. The van der Waals surface area contributed by atoms with Crippen molar-refractivity contribution in [2.24, 2.45) is 0 Å². The largest absolute Gasteiger partial charge is 0.495 e. The third-order valence-electron chi connectivity index (χ3n) is 3.85. The van der Waals surface area contributed by atoms with Crippen LogP contribution < -0.4 is 15.4 Å². The van der Waals surface area contributed by atoms with Gasteiger partial charge in [-0.05, 0) is 36.4 Å². The summed E-state index contributed by atoms with van der Waals surface area (Å²) in [5, 5.41) is 6.18. The summed E-state index contributed by atoms with van der Waals surface area (Å²) >= 11 is 6.07. The van der Waals surface area contributed by atoms with Crippen molar-refractivity contribution in [3.8, 4) is 5.75 Å². The van der Waals surface area contributed by atoms with E-state index in [2.05, 4.69) is 15.6 Å². The van der Waals surface area contributed by atoms with Gasteiger partial charge in [-0.15, -0.1) is 0 Å². The van der Waals surface area contributed by atoms with Crippen LogP contribution in [0.5, 0.6) is 5.75 Å². The Bertz CT molecular complexity index is 965. The molecule has 2 aromatic carbocycles. The van der Waals surface area contributed by atoms with Gasteiger partial charge in [0.15, 0.2) is 0 Å². The monoisotopic (exact) mass is 385 g/mol. The van der Waals surface area contributed by atoms with Gasteiger partial charge in [-0.3, -0.25) is 4.79 Å². The summed E-state index contributed by atoms with van der Waals surface area (Å²) in [6.45, 7) is 0.263. The third-order valence-corrected chi connectivity index (χ3v) is 4.14. The van der Waals surface area contributed by atoms with E-state index in [1.54, 1.807) is 48.5 Å². The van der Waals surface area contributed by atoms with Gasteiger partial charge in [-0.2, -0.15) is 0 Å². The number of pyridine rings is 1. The Kier molecular flexibility index (Phi) is 5.88. The van der Waals surface area contributed by atoms with Gasteiger partial charge in [0, 0.05) is 29.6 Å². The van der Waals surface area contributed by atoms with Crippen molar-refractivity contribution in [2.75, 3.05) is 17.7 Å². The van der Waals surface area contributed by atoms with Gasteiger partial charge in [-0.25, -0.2) is 9.37 Å². The second-order valence-corrected chi connectivity index (χ2v) is 6.09. The first-order valence-corrected chi connectivity index (χ1v) is 8.53. The summed E-state index contributed by atoms with van der Waals surface area (Å²) in [6, 6.07) is 14.6. The lowest BCUT2D eigenvalue weighted by atomic mass is 10.2. The number of ether oxygens (including phenoxy) is 1.